The van der Waals surface area contributed by atoms with E-state index in [0.717, 1.165) is 5.01 Å². The fraction of sp³-hybridized carbons (Fsp3) is 0.125. The van der Waals surface area contributed by atoms with Crippen molar-refractivity contribution < 1.29 is 4.79 Å². The molecule has 112 valence electrons. The van der Waals surface area contributed by atoms with Crippen LogP contribution in [0.25, 0.3) is 0 Å². The van der Waals surface area contributed by atoms with Crippen LogP contribution in [0, 0.1) is 10.9 Å². The zero-order chi connectivity index (χ0) is 15.9. The molecule has 0 fully saturated rings. The zero-order valence-electron chi connectivity index (χ0n) is 11.8. The summed E-state index contributed by atoms with van der Waals surface area (Å²) in [4.78, 5) is 12.0. The molecule has 0 aliphatic carbocycles. The molecule has 0 saturated heterocycles. The Morgan fingerprint density at radius 3 is 2.45 bits per heavy atom. The topological polar surface area (TPSA) is 80.4 Å². The second kappa shape index (κ2) is 7.47. The van der Waals surface area contributed by atoms with E-state index >= 15 is 0 Å². The third-order valence-electron chi connectivity index (χ3n) is 3.09. The summed E-state index contributed by atoms with van der Waals surface area (Å²) >= 11 is 5.90. The average Bonchev–Trinajstić information content (AvgIpc) is 2.54. The van der Waals surface area contributed by atoms with Crippen LogP contribution in [0.15, 0.2) is 59.8 Å². The SMILES string of the molecule is N=NN(C(=N)CCC(=O)c1ccccc1)c1cccc(Cl)c1. The van der Waals surface area contributed by atoms with Crippen molar-refractivity contribution in [3.63, 3.8) is 0 Å². The van der Waals surface area contributed by atoms with Crippen molar-refractivity contribution >= 4 is 28.9 Å². The first-order valence-corrected chi connectivity index (χ1v) is 7.08. The van der Waals surface area contributed by atoms with Crippen LogP contribution in [0.5, 0.6) is 0 Å². The molecule has 0 heterocycles. The number of hydrogen-bond donors (Lipinski definition) is 2. The van der Waals surface area contributed by atoms with Crippen LogP contribution >= 0.6 is 11.6 Å². The highest BCUT2D eigenvalue weighted by Crippen LogP contribution is 2.21. The molecule has 2 rings (SSSR count). The Morgan fingerprint density at radius 1 is 1.09 bits per heavy atom. The van der Waals surface area contributed by atoms with Gasteiger partial charge in [0.2, 0.25) is 0 Å². The lowest BCUT2D eigenvalue weighted by molar-refractivity contribution is 0.0984. The maximum Gasteiger partial charge on any atom is 0.163 e. The van der Waals surface area contributed by atoms with Gasteiger partial charge >= 0.3 is 0 Å². The van der Waals surface area contributed by atoms with Gasteiger partial charge in [-0.25, -0.2) is 5.01 Å². The van der Waals surface area contributed by atoms with Gasteiger partial charge in [0, 0.05) is 23.4 Å². The number of rotatable bonds is 6. The third-order valence-corrected chi connectivity index (χ3v) is 3.33. The molecule has 0 aliphatic rings. The van der Waals surface area contributed by atoms with Gasteiger partial charge in [0.05, 0.1) is 5.69 Å². The number of anilines is 1. The predicted molar refractivity (Wildman–Crippen MR) is 86.8 cm³/mol. The summed E-state index contributed by atoms with van der Waals surface area (Å²) in [6.45, 7) is 0. The number of carbonyl (C=O) groups excluding carboxylic acids is 1. The van der Waals surface area contributed by atoms with Gasteiger partial charge in [0.25, 0.3) is 0 Å². The van der Waals surface area contributed by atoms with Crippen molar-refractivity contribution in [2.24, 2.45) is 5.22 Å². The van der Waals surface area contributed by atoms with Gasteiger partial charge in [-0.15, -0.1) is 0 Å². The van der Waals surface area contributed by atoms with Crippen molar-refractivity contribution in [2.45, 2.75) is 12.8 Å². The van der Waals surface area contributed by atoms with E-state index in [9.17, 15) is 4.79 Å². The summed E-state index contributed by atoms with van der Waals surface area (Å²) in [6.07, 6.45) is 0.387. The third kappa shape index (κ3) is 3.99. The Labute approximate surface area is 133 Å². The molecule has 0 radical (unpaired) electrons. The van der Waals surface area contributed by atoms with Crippen LogP contribution in [-0.2, 0) is 0 Å². The zero-order valence-corrected chi connectivity index (χ0v) is 12.5. The highest BCUT2D eigenvalue weighted by Gasteiger charge is 2.14. The fourth-order valence-corrected chi connectivity index (χ4v) is 2.17. The van der Waals surface area contributed by atoms with E-state index in [1.54, 1.807) is 48.5 Å². The number of amidine groups is 1. The fourth-order valence-electron chi connectivity index (χ4n) is 1.99. The van der Waals surface area contributed by atoms with E-state index in [1.165, 1.54) is 0 Å². The van der Waals surface area contributed by atoms with Crippen molar-refractivity contribution in [1.29, 1.82) is 10.9 Å². The summed E-state index contributed by atoms with van der Waals surface area (Å²) in [7, 11) is 0. The summed E-state index contributed by atoms with van der Waals surface area (Å²) in [5.41, 5.74) is 8.38. The Bertz CT molecular complexity index is 688. The number of benzene rings is 2. The molecule has 2 aromatic carbocycles. The van der Waals surface area contributed by atoms with Gasteiger partial charge in [0.15, 0.2) is 5.78 Å². The quantitative estimate of drug-likeness (QED) is 0.266. The molecular weight excluding hydrogens is 300 g/mol. The number of nitrogens with zero attached hydrogens (tertiary/aromatic N) is 2. The second-order valence-corrected chi connectivity index (χ2v) is 5.06. The second-order valence-electron chi connectivity index (χ2n) is 4.63. The largest absolute Gasteiger partial charge is 0.294 e. The Kier molecular flexibility index (Phi) is 5.38. The standard InChI is InChI=1S/C16H15ClN4O/c17-13-7-4-8-14(11-13)21(20-19)16(18)10-9-15(22)12-5-2-1-3-6-12/h1-8,11,18-19H,9-10H2. The molecule has 2 N–H and O–H groups in total. The Morgan fingerprint density at radius 2 is 1.82 bits per heavy atom. The van der Waals surface area contributed by atoms with E-state index < -0.39 is 0 Å². The van der Waals surface area contributed by atoms with Crippen molar-refractivity contribution in [3.05, 3.63) is 65.2 Å². The molecule has 0 aromatic heterocycles. The molecular formula is C16H15ClN4O. The highest BCUT2D eigenvalue weighted by molar-refractivity contribution is 6.30. The van der Waals surface area contributed by atoms with E-state index in [2.05, 4.69) is 5.22 Å². The maximum atomic E-state index is 12.0. The minimum atomic E-state index is -0.0404. The van der Waals surface area contributed by atoms with Crippen LogP contribution < -0.4 is 5.01 Å². The van der Waals surface area contributed by atoms with Gasteiger partial charge in [-0.3, -0.25) is 10.2 Å². The molecule has 6 heteroatoms. The lowest BCUT2D eigenvalue weighted by atomic mass is 10.1. The highest BCUT2D eigenvalue weighted by atomic mass is 35.5. The first kappa shape index (κ1) is 15.9. The predicted octanol–water partition coefficient (Wildman–Crippen LogP) is 4.73. The number of hydrogen-bond acceptors (Lipinski definition) is 4. The number of carbonyl (C=O) groups is 1. The molecule has 0 bridgehead atoms. The molecule has 22 heavy (non-hydrogen) atoms. The maximum absolute atomic E-state index is 12.0. The summed E-state index contributed by atoms with van der Waals surface area (Å²) < 4.78 is 0. The van der Waals surface area contributed by atoms with E-state index in [0.29, 0.717) is 16.3 Å². The van der Waals surface area contributed by atoms with Crippen molar-refractivity contribution in [1.82, 2.24) is 0 Å². The van der Waals surface area contributed by atoms with Crippen molar-refractivity contribution in [3.8, 4) is 0 Å². The monoisotopic (exact) mass is 314 g/mol. The number of Topliss-reactive ketones (excluding diaryl/α,β-unsaturated/α-hetero) is 1. The summed E-state index contributed by atoms with van der Waals surface area (Å²) in [6, 6.07) is 15.7. The minimum Gasteiger partial charge on any atom is -0.294 e. The molecule has 2 aromatic rings. The van der Waals surface area contributed by atoms with Gasteiger partial charge in [-0.05, 0) is 18.2 Å². The van der Waals surface area contributed by atoms with Gasteiger partial charge in [-0.2, -0.15) is 5.53 Å². The number of halogens is 1. The lowest BCUT2D eigenvalue weighted by Crippen LogP contribution is -2.24. The lowest BCUT2D eigenvalue weighted by Gasteiger charge is -2.17. The van der Waals surface area contributed by atoms with E-state index in [-0.39, 0.29) is 24.5 Å². The molecule has 0 atom stereocenters. The number of nitrogens with one attached hydrogen (secondary N) is 2. The Balaban J connectivity index is 2.01. The van der Waals surface area contributed by atoms with E-state index in [4.69, 9.17) is 22.5 Å². The minimum absolute atomic E-state index is 0.0404. The van der Waals surface area contributed by atoms with E-state index in [1.807, 2.05) is 6.07 Å². The first-order chi connectivity index (χ1) is 10.6. The normalized spacial score (nSPS) is 10.0. The first-order valence-electron chi connectivity index (χ1n) is 6.70. The van der Waals surface area contributed by atoms with Crippen molar-refractivity contribution in [2.75, 3.05) is 5.01 Å². The van der Waals surface area contributed by atoms with Crippen LogP contribution in [0.4, 0.5) is 5.69 Å². The van der Waals surface area contributed by atoms with Crippen LogP contribution in [0.1, 0.15) is 23.2 Å². The van der Waals surface area contributed by atoms with Crippen LogP contribution in [0.2, 0.25) is 5.02 Å². The molecule has 0 unspecified atom stereocenters. The van der Waals surface area contributed by atoms with Crippen LogP contribution in [-0.4, -0.2) is 11.6 Å². The van der Waals surface area contributed by atoms with Gasteiger partial charge < -0.3 is 0 Å². The summed E-state index contributed by atoms with van der Waals surface area (Å²) in [5.74, 6) is 0.0305. The average molecular weight is 315 g/mol. The molecule has 0 spiro atoms. The van der Waals surface area contributed by atoms with Gasteiger partial charge in [0.1, 0.15) is 5.84 Å². The summed E-state index contributed by atoms with van der Waals surface area (Å²) in [5, 5.41) is 13.0. The number of ketones is 1. The molecule has 0 amide bonds. The molecule has 5 nitrogen and oxygen atoms in total. The smallest absolute Gasteiger partial charge is 0.163 e. The molecule has 0 saturated carbocycles. The van der Waals surface area contributed by atoms with Gasteiger partial charge in [-0.1, -0.05) is 53.2 Å². The Hall–Kier alpha value is -2.53. The molecule has 0 aliphatic heterocycles. The van der Waals surface area contributed by atoms with Crippen LogP contribution in [0.3, 0.4) is 0 Å².